The molecule has 0 N–H and O–H groups in total. The maximum absolute atomic E-state index is 13.3. The fourth-order valence-electron chi connectivity index (χ4n) is 3.71. The predicted molar refractivity (Wildman–Crippen MR) is 121 cm³/mol. The molecule has 5 nitrogen and oxygen atoms in total. The minimum absolute atomic E-state index is 0.137. The molecule has 5 heteroatoms. The smallest absolute Gasteiger partial charge is 0.257 e. The number of carbonyl (C=O) groups excluding carboxylic acids is 1. The van der Waals surface area contributed by atoms with E-state index in [1.165, 1.54) is 0 Å². The number of ether oxygens (including phenoxy) is 1. The molecule has 0 aliphatic heterocycles. The molecule has 0 spiro atoms. The Kier molecular flexibility index (Phi) is 5.58. The summed E-state index contributed by atoms with van der Waals surface area (Å²) in [7, 11) is 3.32. The largest absolute Gasteiger partial charge is 0.496 e. The van der Waals surface area contributed by atoms with E-state index >= 15 is 0 Å². The van der Waals surface area contributed by atoms with Gasteiger partial charge in [-0.15, -0.1) is 0 Å². The van der Waals surface area contributed by atoms with Crippen LogP contribution in [-0.2, 0) is 6.54 Å². The number of methoxy groups -OCH3 is 1. The third-order valence-electron chi connectivity index (χ3n) is 5.36. The van der Waals surface area contributed by atoms with Crippen molar-refractivity contribution >= 4 is 16.9 Å². The molecule has 156 valence electrons. The molecule has 0 aliphatic carbocycles. The minimum Gasteiger partial charge on any atom is -0.496 e. The Morgan fingerprint density at radius 2 is 1.68 bits per heavy atom. The van der Waals surface area contributed by atoms with Crippen LogP contribution in [0.15, 0.2) is 82.0 Å². The second kappa shape index (κ2) is 8.48. The molecule has 0 unspecified atom stereocenters. The van der Waals surface area contributed by atoms with Gasteiger partial charge < -0.3 is 14.1 Å². The van der Waals surface area contributed by atoms with Crippen molar-refractivity contribution < 1.29 is 13.9 Å². The number of benzene rings is 3. The Bertz CT molecular complexity index is 1310. The van der Waals surface area contributed by atoms with Crippen LogP contribution < -0.4 is 10.2 Å². The number of rotatable bonds is 5. The molecule has 0 aliphatic rings. The van der Waals surface area contributed by atoms with E-state index in [2.05, 4.69) is 0 Å². The van der Waals surface area contributed by atoms with Gasteiger partial charge in [0.05, 0.1) is 18.1 Å². The molecule has 3 aromatic carbocycles. The first-order valence-electron chi connectivity index (χ1n) is 10.0. The summed E-state index contributed by atoms with van der Waals surface area (Å²) < 4.78 is 11.6. The molecular weight excluding hydrogens is 390 g/mol. The monoisotopic (exact) mass is 413 g/mol. The van der Waals surface area contributed by atoms with E-state index in [4.69, 9.17) is 9.15 Å². The lowest BCUT2D eigenvalue weighted by Gasteiger charge is -2.19. The third-order valence-corrected chi connectivity index (χ3v) is 5.36. The van der Waals surface area contributed by atoms with E-state index in [0.717, 1.165) is 11.1 Å². The van der Waals surface area contributed by atoms with Crippen molar-refractivity contribution in [2.75, 3.05) is 14.2 Å². The Labute approximate surface area is 180 Å². The second-order valence-corrected chi connectivity index (χ2v) is 7.41. The van der Waals surface area contributed by atoms with Gasteiger partial charge in [-0.2, -0.15) is 0 Å². The maximum atomic E-state index is 13.3. The Hall–Kier alpha value is -3.86. The Balaban J connectivity index is 1.79. The van der Waals surface area contributed by atoms with Crippen molar-refractivity contribution in [3.63, 3.8) is 0 Å². The number of carbonyl (C=O) groups is 1. The summed E-state index contributed by atoms with van der Waals surface area (Å²) in [5.41, 5.74) is 2.72. The number of nitrogens with zero attached hydrogens (tertiary/aromatic N) is 1. The van der Waals surface area contributed by atoms with Gasteiger partial charge in [0.1, 0.15) is 11.5 Å². The second-order valence-electron chi connectivity index (χ2n) is 7.41. The first-order valence-corrected chi connectivity index (χ1v) is 10.0. The van der Waals surface area contributed by atoms with Gasteiger partial charge in [0.15, 0.2) is 11.0 Å². The summed E-state index contributed by atoms with van der Waals surface area (Å²) in [4.78, 5) is 28.0. The highest BCUT2D eigenvalue weighted by atomic mass is 16.5. The predicted octanol–water partition coefficient (Wildman–Crippen LogP) is 5.05. The lowest BCUT2D eigenvalue weighted by molar-refractivity contribution is 0.0785. The number of hydrogen-bond acceptors (Lipinski definition) is 4. The summed E-state index contributed by atoms with van der Waals surface area (Å²) in [5, 5.41) is 0.397. The normalized spacial score (nSPS) is 10.8. The summed E-state index contributed by atoms with van der Waals surface area (Å²) in [6, 6.07) is 22.1. The van der Waals surface area contributed by atoms with E-state index < -0.39 is 0 Å². The quantitative estimate of drug-likeness (QED) is 0.459. The standard InChI is InChI=1S/C26H23NO4/c1-17-23(28)20-13-9-14-21(25(20)31-24(17)18-10-5-4-6-11-18)26(29)27(2)16-19-12-7-8-15-22(19)30-3/h4-15H,16H2,1-3H3. The highest BCUT2D eigenvalue weighted by Gasteiger charge is 2.21. The number of fused-ring (bicyclic) bond motifs is 1. The van der Waals surface area contributed by atoms with Gasteiger partial charge in [-0.05, 0) is 25.1 Å². The third kappa shape index (κ3) is 3.82. The molecular formula is C26H23NO4. The molecule has 0 saturated carbocycles. The first-order chi connectivity index (χ1) is 15.0. The zero-order chi connectivity index (χ0) is 22.0. The molecule has 31 heavy (non-hydrogen) atoms. The zero-order valence-electron chi connectivity index (χ0n) is 17.7. The molecule has 0 fully saturated rings. The fourth-order valence-corrected chi connectivity index (χ4v) is 3.71. The SMILES string of the molecule is COc1ccccc1CN(C)C(=O)c1cccc2c(=O)c(C)c(-c3ccccc3)oc12. The van der Waals surface area contributed by atoms with Crippen molar-refractivity contribution in [3.05, 3.63) is 99.7 Å². The van der Waals surface area contributed by atoms with Crippen LogP contribution in [-0.4, -0.2) is 25.0 Å². The molecule has 4 rings (SSSR count). The van der Waals surface area contributed by atoms with E-state index in [1.54, 1.807) is 44.2 Å². The van der Waals surface area contributed by atoms with Gasteiger partial charge in [-0.3, -0.25) is 9.59 Å². The fraction of sp³-hybridized carbons (Fsp3) is 0.154. The summed E-state index contributed by atoms with van der Waals surface area (Å²) in [5.74, 6) is 0.960. The zero-order valence-corrected chi connectivity index (χ0v) is 17.7. The van der Waals surface area contributed by atoms with Gasteiger partial charge >= 0.3 is 0 Å². The molecule has 0 radical (unpaired) electrons. The van der Waals surface area contributed by atoms with Gasteiger partial charge in [0, 0.05) is 30.3 Å². The minimum atomic E-state index is -0.234. The number of amides is 1. The van der Waals surface area contributed by atoms with Crippen molar-refractivity contribution in [2.24, 2.45) is 0 Å². The average molecular weight is 413 g/mol. The molecule has 1 amide bonds. The molecule has 4 aromatic rings. The Morgan fingerprint density at radius 1 is 0.968 bits per heavy atom. The van der Waals surface area contributed by atoms with Crippen LogP contribution in [0, 0.1) is 6.92 Å². The lowest BCUT2D eigenvalue weighted by atomic mass is 10.0. The van der Waals surface area contributed by atoms with Crippen LogP contribution >= 0.6 is 0 Å². The van der Waals surface area contributed by atoms with Crippen molar-refractivity contribution in [1.29, 1.82) is 0 Å². The van der Waals surface area contributed by atoms with Crippen LogP contribution in [0.1, 0.15) is 21.5 Å². The maximum Gasteiger partial charge on any atom is 0.257 e. The molecule has 1 heterocycles. The summed E-state index contributed by atoms with van der Waals surface area (Å²) in [6.07, 6.45) is 0. The molecule has 0 atom stereocenters. The van der Waals surface area contributed by atoms with Crippen molar-refractivity contribution in [1.82, 2.24) is 4.90 Å². The lowest BCUT2D eigenvalue weighted by Crippen LogP contribution is -2.27. The van der Waals surface area contributed by atoms with E-state index in [-0.39, 0.29) is 11.3 Å². The van der Waals surface area contributed by atoms with Gasteiger partial charge in [0.25, 0.3) is 5.91 Å². The summed E-state index contributed by atoms with van der Waals surface area (Å²) >= 11 is 0. The van der Waals surface area contributed by atoms with E-state index in [1.807, 2.05) is 54.6 Å². The Morgan fingerprint density at radius 3 is 2.42 bits per heavy atom. The van der Waals surface area contributed by atoms with Crippen LogP contribution in [0.2, 0.25) is 0 Å². The van der Waals surface area contributed by atoms with Crippen LogP contribution in [0.5, 0.6) is 5.75 Å². The van der Waals surface area contributed by atoms with Crippen LogP contribution in [0.25, 0.3) is 22.3 Å². The van der Waals surface area contributed by atoms with Gasteiger partial charge in [0.2, 0.25) is 0 Å². The highest BCUT2D eigenvalue weighted by molar-refractivity contribution is 6.05. The molecule has 1 aromatic heterocycles. The number of hydrogen-bond donors (Lipinski definition) is 0. The van der Waals surface area contributed by atoms with Crippen LogP contribution in [0.3, 0.4) is 0 Å². The van der Waals surface area contributed by atoms with Crippen LogP contribution in [0.4, 0.5) is 0 Å². The summed E-state index contributed by atoms with van der Waals surface area (Å²) in [6.45, 7) is 2.11. The van der Waals surface area contributed by atoms with Gasteiger partial charge in [-0.25, -0.2) is 0 Å². The van der Waals surface area contributed by atoms with Gasteiger partial charge in [-0.1, -0.05) is 54.6 Å². The van der Waals surface area contributed by atoms with E-state index in [9.17, 15) is 9.59 Å². The molecule has 0 saturated heterocycles. The van der Waals surface area contributed by atoms with E-state index in [0.29, 0.717) is 40.2 Å². The average Bonchev–Trinajstić information content (AvgIpc) is 2.81. The van der Waals surface area contributed by atoms with Crippen molar-refractivity contribution in [2.45, 2.75) is 13.5 Å². The number of para-hydroxylation sites is 2. The van der Waals surface area contributed by atoms with Crippen molar-refractivity contribution in [3.8, 4) is 17.1 Å². The topological polar surface area (TPSA) is 59.8 Å². The highest BCUT2D eigenvalue weighted by Crippen LogP contribution is 2.28. The molecule has 0 bridgehead atoms. The first kappa shape index (κ1) is 20.4.